The molecule has 1 aliphatic rings. The summed E-state index contributed by atoms with van der Waals surface area (Å²) < 4.78 is 0. The van der Waals surface area contributed by atoms with Gasteiger partial charge in [0.15, 0.2) is 6.10 Å². The zero-order valence-electron chi connectivity index (χ0n) is 14.3. The molecule has 5 nitrogen and oxygen atoms in total. The number of aliphatic hydroxyl groups excluding tert-OH is 1. The molecule has 1 aliphatic heterocycles. The van der Waals surface area contributed by atoms with Crippen LogP contribution in [0.15, 0.2) is 77.3 Å². The molecule has 0 saturated carbocycles. The fraction of sp³-hybridized carbons (Fsp3) is 0.200. The van der Waals surface area contributed by atoms with Crippen molar-refractivity contribution in [2.45, 2.75) is 26.4 Å². The highest BCUT2D eigenvalue weighted by atomic mass is 16.6. The first-order valence-electron chi connectivity index (χ1n) is 8.02. The van der Waals surface area contributed by atoms with Gasteiger partial charge in [0.25, 0.3) is 5.91 Å². The number of hydrogen-bond donors (Lipinski definition) is 2. The second-order valence-electron chi connectivity index (χ2n) is 5.65. The van der Waals surface area contributed by atoms with Gasteiger partial charge in [0.1, 0.15) is 0 Å². The second-order valence-corrected chi connectivity index (χ2v) is 5.65. The number of hydrogen-bond acceptors (Lipinski definition) is 4. The summed E-state index contributed by atoms with van der Waals surface area (Å²) in [5.74, 6) is -0.245. The SMILES string of the molecule is CC1=C(NC(=O)C(O)c2ccccc2)ON=CC1.Cc1ccccc1. The van der Waals surface area contributed by atoms with Crippen LogP contribution in [0.5, 0.6) is 0 Å². The third-order valence-corrected chi connectivity index (χ3v) is 3.54. The predicted octanol–water partition coefficient (Wildman–Crippen LogP) is 3.47. The number of carbonyl (C=O) groups is 1. The van der Waals surface area contributed by atoms with Crippen LogP contribution in [0.2, 0.25) is 0 Å². The van der Waals surface area contributed by atoms with Crippen molar-refractivity contribution in [3.05, 3.63) is 83.2 Å². The molecule has 0 radical (unpaired) electrons. The molecule has 0 aliphatic carbocycles. The number of aryl methyl sites for hydroxylation is 1. The van der Waals surface area contributed by atoms with E-state index in [0.717, 1.165) is 5.57 Å². The minimum atomic E-state index is -1.22. The molecule has 130 valence electrons. The maximum Gasteiger partial charge on any atom is 0.260 e. The third-order valence-electron chi connectivity index (χ3n) is 3.54. The van der Waals surface area contributed by atoms with Gasteiger partial charge >= 0.3 is 0 Å². The summed E-state index contributed by atoms with van der Waals surface area (Å²) in [7, 11) is 0. The molecule has 0 spiro atoms. The summed E-state index contributed by atoms with van der Waals surface area (Å²) >= 11 is 0. The van der Waals surface area contributed by atoms with Gasteiger partial charge in [0.2, 0.25) is 5.88 Å². The van der Waals surface area contributed by atoms with Crippen LogP contribution in [-0.2, 0) is 9.63 Å². The molecule has 5 heteroatoms. The standard InChI is InChI=1S/C13H14N2O3.C7H8/c1-9-7-8-14-18-13(9)15-12(17)11(16)10-5-3-2-4-6-10;1-7-5-3-2-4-6-7/h2-6,8,11,16H,7H2,1H3,(H,15,17);2-6H,1H3. The highest BCUT2D eigenvalue weighted by Crippen LogP contribution is 2.15. The molecule has 2 N–H and O–H groups in total. The Kier molecular flexibility index (Phi) is 6.92. The van der Waals surface area contributed by atoms with Gasteiger partial charge in [-0.05, 0) is 25.0 Å². The molecule has 0 aromatic heterocycles. The van der Waals surface area contributed by atoms with Crippen LogP contribution in [0.3, 0.4) is 0 Å². The molecule has 0 fully saturated rings. The quantitative estimate of drug-likeness (QED) is 0.900. The number of amides is 1. The van der Waals surface area contributed by atoms with Crippen molar-refractivity contribution in [1.82, 2.24) is 5.32 Å². The van der Waals surface area contributed by atoms with Crippen molar-refractivity contribution >= 4 is 12.1 Å². The number of oxime groups is 1. The Labute approximate surface area is 147 Å². The third kappa shape index (κ3) is 5.90. The summed E-state index contributed by atoms with van der Waals surface area (Å²) in [6, 6.07) is 19.0. The molecule has 3 rings (SSSR count). The van der Waals surface area contributed by atoms with Crippen molar-refractivity contribution in [3.8, 4) is 0 Å². The zero-order chi connectivity index (χ0) is 18.1. The molecule has 2 aromatic rings. The number of allylic oxidation sites excluding steroid dienone is 1. The van der Waals surface area contributed by atoms with E-state index in [4.69, 9.17) is 4.84 Å². The fourth-order valence-electron chi connectivity index (χ4n) is 2.07. The number of carbonyl (C=O) groups excluding carboxylic acids is 1. The van der Waals surface area contributed by atoms with Crippen LogP contribution in [0.1, 0.15) is 30.6 Å². The number of nitrogens with one attached hydrogen (secondary N) is 1. The molecular weight excluding hydrogens is 316 g/mol. The monoisotopic (exact) mass is 338 g/mol. The van der Waals surface area contributed by atoms with Gasteiger partial charge in [-0.25, -0.2) is 0 Å². The molecule has 1 heterocycles. The van der Waals surface area contributed by atoms with E-state index < -0.39 is 12.0 Å². The van der Waals surface area contributed by atoms with E-state index in [9.17, 15) is 9.90 Å². The van der Waals surface area contributed by atoms with Gasteiger partial charge in [0, 0.05) is 12.6 Å². The number of benzene rings is 2. The largest absolute Gasteiger partial charge is 0.378 e. The van der Waals surface area contributed by atoms with Crippen molar-refractivity contribution in [2.24, 2.45) is 5.16 Å². The van der Waals surface area contributed by atoms with Crippen molar-refractivity contribution in [2.75, 3.05) is 0 Å². The lowest BCUT2D eigenvalue weighted by Crippen LogP contribution is -2.30. The topological polar surface area (TPSA) is 70.9 Å². The summed E-state index contributed by atoms with van der Waals surface area (Å²) in [5.41, 5.74) is 2.72. The number of nitrogens with zero attached hydrogens (tertiary/aromatic N) is 1. The second kappa shape index (κ2) is 9.39. The van der Waals surface area contributed by atoms with Crippen LogP contribution in [-0.4, -0.2) is 17.2 Å². The van der Waals surface area contributed by atoms with Crippen LogP contribution in [0, 0.1) is 6.92 Å². The van der Waals surface area contributed by atoms with Gasteiger partial charge in [-0.1, -0.05) is 71.4 Å². The van der Waals surface area contributed by atoms with Crippen LogP contribution >= 0.6 is 0 Å². The Hall–Kier alpha value is -2.92. The summed E-state index contributed by atoms with van der Waals surface area (Å²) in [6.07, 6.45) is 1.01. The number of aliphatic hydroxyl groups is 1. The Morgan fingerprint density at radius 3 is 2.20 bits per heavy atom. The van der Waals surface area contributed by atoms with E-state index in [-0.39, 0.29) is 5.88 Å². The average molecular weight is 338 g/mol. The van der Waals surface area contributed by atoms with Crippen LogP contribution < -0.4 is 5.32 Å². The fourth-order valence-corrected chi connectivity index (χ4v) is 2.07. The lowest BCUT2D eigenvalue weighted by Gasteiger charge is -2.16. The van der Waals surface area contributed by atoms with E-state index in [1.165, 1.54) is 5.56 Å². The maximum absolute atomic E-state index is 11.8. The Bertz CT molecular complexity index is 740. The van der Waals surface area contributed by atoms with Gasteiger partial charge < -0.3 is 9.94 Å². The summed E-state index contributed by atoms with van der Waals surface area (Å²) in [5, 5.41) is 16.0. The zero-order valence-corrected chi connectivity index (χ0v) is 14.3. The summed E-state index contributed by atoms with van der Waals surface area (Å²) in [6.45, 7) is 3.91. The lowest BCUT2D eigenvalue weighted by atomic mass is 10.1. The molecule has 1 atom stereocenters. The van der Waals surface area contributed by atoms with Crippen molar-refractivity contribution in [1.29, 1.82) is 0 Å². The Morgan fingerprint density at radius 2 is 1.68 bits per heavy atom. The first-order valence-corrected chi connectivity index (χ1v) is 8.02. The molecule has 0 bridgehead atoms. The van der Waals surface area contributed by atoms with Crippen molar-refractivity contribution < 1.29 is 14.7 Å². The summed E-state index contributed by atoms with van der Waals surface area (Å²) in [4.78, 5) is 16.8. The Balaban J connectivity index is 0.000000269. The van der Waals surface area contributed by atoms with E-state index >= 15 is 0 Å². The average Bonchev–Trinajstić information content (AvgIpc) is 2.65. The van der Waals surface area contributed by atoms with Gasteiger partial charge in [-0.2, -0.15) is 0 Å². The smallest absolute Gasteiger partial charge is 0.260 e. The van der Waals surface area contributed by atoms with Crippen molar-refractivity contribution in [3.63, 3.8) is 0 Å². The number of rotatable bonds is 3. The first kappa shape index (κ1) is 18.4. The predicted molar refractivity (Wildman–Crippen MR) is 97.6 cm³/mol. The van der Waals surface area contributed by atoms with E-state index in [1.54, 1.807) is 30.5 Å². The van der Waals surface area contributed by atoms with Crippen LogP contribution in [0.25, 0.3) is 0 Å². The Morgan fingerprint density at radius 1 is 1.08 bits per heavy atom. The first-order chi connectivity index (χ1) is 12.1. The highest BCUT2D eigenvalue weighted by molar-refractivity contribution is 5.83. The van der Waals surface area contributed by atoms with Gasteiger partial charge in [-0.3, -0.25) is 10.1 Å². The van der Waals surface area contributed by atoms with E-state index in [2.05, 4.69) is 29.5 Å². The van der Waals surface area contributed by atoms with E-state index in [1.807, 2.05) is 31.2 Å². The molecule has 1 amide bonds. The molecule has 0 saturated heterocycles. The molecule has 25 heavy (non-hydrogen) atoms. The highest BCUT2D eigenvalue weighted by Gasteiger charge is 2.20. The minimum absolute atomic E-state index is 0.289. The van der Waals surface area contributed by atoms with E-state index in [0.29, 0.717) is 12.0 Å². The normalized spacial score (nSPS) is 14.0. The minimum Gasteiger partial charge on any atom is -0.378 e. The van der Waals surface area contributed by atoms with Gasteiger partial charge in [-0.15, -0.1) is 0 Å². The van der Waals surface area contributed by atoms with Crippen LogP contribution in [0.4, 0.5) is 0 Å². The molecular formula is C20H22N2O3. The molecule has 2 aromatic carbocycles. The molecule has 1 unspecified atom stereocenters. The van der Waals surface area contributed by atoms with Gasteiger partial charge in [0.05, 0.1) is 0 Å². The lowest BCUT2D eigenvalue weighted by molar-refractivity contribution is -0.129. The maximum atomic E-state index is 11.8.